The van der Waals surface area contributed by atoms with Gasteiger partial charge in [-0.25, -0.2) is 0 Å². The van der Waals surface area contributed by atoms with Crippen LogP contribution in [0.1, 0.15) is 54.3 Å². The predicted octanol–water partition coefficient (Wildman–Crippen LogP) is 5.34. The molecule has 5 rings (SSSR count). The highest BCUT2D eigenvalue weighted by atomic mass is 16.5. The van der Waals surface area contributed by atoms with Crippen LogP contribution in [0.5, 0.6) is 0 Å². The fourth-order valence-electron chi connectivity index (χ4n) is 4.70. The molecule has 1 heterocycles. The summed E-state index contributed by atoms with van der Waals surface area (Å²) >= 11 is 0. The topological polar surface area (TPSA) is 113 Å². The van der Waals surface area contributed by atoms with E-state index in [0.29, 0.717) is 35.4 Å². The molecule has 0 saturated heterocycles. The standard InChI is InChI=1S/C30H28N2O5/c1-18(20-6-4-3-5-7-20)31-28(34)26(33)25-19(2)32-37-27(25)23-10-8-21(9-11-23)22-12-14-24(15-13-22)30(16-17-30)29(35)36/h3-15,18,26,33H,16-17H2,1-2H3,(H,31,34)(H,35,36)/t18-,26?/m1/s1. The number of carboxylic acid groups (broad SMARTS) is 1. The van der Waals surface area contributed by atoms with Gasteiger partial charge in [0.1, 0.15) is 0 Å². The normalized spacial score (nSPS) is 15.5. The van der Waals surface area contributed by atoms with Gasteiger partial charge in [-0.15, -0.1) is 0 Å². The second-order valence-corrected chi connectivity index (χ2v) is 9.60. The summed E-state index contributed by atoms with van der Waals surface area (Å²) in [5.41, 5.74) is 4.40. The molecule has 7 heteroatoms. The second kappa shape index (κ2) is 9.67. The maximum atomic E-state index is 12.9. The summed E-state index contributed by atoms with van der Waals surface area (Å²) in [5, 5.41) is 27.3. The van der Waals surface area contributed by atoms with Gasteiger partial charge in [0.25, 0.3) is 5.91 Å². The number of aliphatic hydroxyl groups is 1. The third kappa shape index (κ3) is 4.66. The molecule has 4 aromatic rings. The summed E-state index contributed by atoms with van der Waals surface area (Å²) in [6.07, 6.45) is -0.0991. The molecule has 2 atom stereocenters. The molecule has 1 unspecified atom stereocenters. The monoisotopic (exact) mass is 496 g/mol. The maximum absolute atomic E-state index is 12.9. The number of hydrogen-bond donors (Lipinski definition) is 3. The summed E-state index contributed by atoms with van der Waals surface area (Å²) in [6.45, 7) is 3.55. The molecule has 0 aliphatic heterocycles. The highest BCUT2D eigenvalue weighted by Crippen LogP contribution is 2.48. The van der Waals surface area contributed by atoms with E-state index in [1.807, 2.05) is 85.8 Å². The van der Waals surface area contributed by atoms with Crippen molar-refractivity contribution in [3.05, 3.63) is 101 Å². The Bertz CT molecular complexity index is 1420. The summed E-state index contributed by atoms with van der Waals surface area (Å²) in [5.74, 6) is -0.963. The lowest BCUT2D eigenvalue weighted by molar-refractivity contribution is -0.140. The number of nitrogens with zero attached hydrogens (tertiary/aromatic N) is 1. The minimum absolute atomic E-state index is 0.275. The van der Waals surface area contributed by atoms with Gasteiger partial charge in [-0.3, -0.25) is 9.59 Å². The van der Waals surface area contributed by atoms with Gasteiger partial charge in [0.05, 0.1) is 22.7 Å². The van der Waals surface area contributed by atoms with Gasteiger partial charge in [-0.1, -0.05) is 84.0 Å². The van der Waals surface area contributed by atoms with Crippen LogP contribution < -0.4 is 5.32 Å². The van der Waals surface area contributed by atoms with Crippen molar-refractivity contribution >= 4 is 11.9 Å². The Hall–Kier alpha value is -4.23. The van der Waals surface area contributed by atoms with Gasteiger partial charge < -0.3 is 20.1 Å². The summed E-state index contributed by atoms with van der Waals surface area (Å²) in [4.78, 5) is 24.5. The van der Waals surface area contributed by atoms with Crippen molar-refractivity contribution in [3.8, 4) is 22.5 Å². The van der Waals surface area contributed by atoms with Crippen LogP contribution in [-0.4, -0.2) is 27.2 Å². The first-order valence-electron chi connectivity index (χ1n) is 12.2. The van der Waals surface area contributed by atoms with Crippen LogP contribution in [0.2, 0.25) is 0 Å². The van der Waals surface area contributed by atoms with Crippen molar-refractivity contribution in [1.29, 1.82) is 0 Å². The maximum Gasteiger partial charge on any atom is 0.314 e. The van der Waals surface area contributed by atoms with E-state index in [-0.39, 0.29) is 6.04 Å². The lowest BCUT2D eigenvalue weighted by atomic mass is 9.93. The highest BCUT2D eigenvalue weighted by Gasteiger charge is 2.51. The fraction of sp³-hybridized carbons (Fsp3) is 0.233. The minimum atomic E-state index is -1.44. The van der Waals surface area contributed by atoms with Gasteiger partial charge in [0, 0.05) is 5.56 Å². The van der Waals surface area contributed by atoms with E-state index in [0.717, 1.165) is 22.3 Å². The molecular formula is C30H28N2O5. The smallest absolute Gasteiger partial charge is 0.314 e. The van der Waals surface area contributed by atoms with Crippen LogP contribution in [0.4, 0.5) is 0 Å². The van der Waals surface area contributed by atoms with Crippen LogP contribution in [0.25, 0.3) is 22.5 Å². The molecule has 188 valence electrons. The van der Waals surface area contributed by atoms with Crippen LogP contribution in [-0.2, 0) is 15.0 Å². The van der Waals surface area contributed by atoms with Crippen molar-refractivity contribution in [2.75, 3.05) is 0 Å². The average Bonchev–Trinajstić information content (AvgIpc) is 3.65. The van der Waals surface area contributed by atoms with E-state index in [1.54, 1.807) is 6.92 Å². The third-order valence-corrected chi connectivity index (χ3v) is 7.17. The van der Waals surface area contributed by atoms with E-state index in [9.17, 15) is 19.8 Å². The number of hydrogen-bond acceptors (Lipinski definition) is 5. The molecule has 0 radical (unpaired) electrons. The van der Waals surface area contributed by atoms with E-state index >= 15 is 0 Å². The van der Waals surface area contributed by atoms with E-state index in [2.05, 4.69) is 10.5 Å². The van der Waals surface area contributed by atoms with E-state index in [1.165, 1.54) is 0 Å². The molecular weight excluding hydrogens is 468 g/mol. The number of carbonyl (C=O) groups excluding carboxylic acids is 1. The van der Waals surface area contributed by atoms with Crippen molar-refractivity contribution in [2.45, 2.75) is 44.2 Å². The van der Waals surface area contributed by atoms with Crippen LogP contribution in [0.3, 0.4) is 0 Å². The predicted molar refractivity (Wildman–Crippen MR) is 139 cm³/mol. The first-order chi connectivity index (χ1) is 17.8. The Balaban J connectivity index is 1.34. The molecule has 0 spiro atoms. The minimum Gasteiger partial charge on any atom is -0.481 e. The fourth-order valence-corrected chi connectivity index (χ4v) is 4.70. The van der Waals surface area contributed by atoms with Crippen molar-refractivity contribution < 1.29 is 24.3 Å². The number of carboxylic acids is 1. The first kappa shape index (κ1) is 24.5. The number of aromatic nitrogens is 1. The zero-order chi connectivity index (χ0) is 26.2. The molecule has 3 N–H and O–H groups in total. The van der Waals surface area contributed by atoms with Crippen molar-refractivity contribution in [1.82, 2.24) is 10.5 Å². The Labute approximate surface area is 214 Å². The molecule has 37 heavy (non-hydrogen) atoms. The summed E-state index contributed by atoms with van der Waals surface area (Å²) in [7, 11) is 0. The molecule has 1 aromatic heterocycles. The van der Waals surface area contributed by atoms with E-state index in [4.69, 9.17) is 4.52 Å². The number of nitrogens with one attached hydrogen (secondary N) is 1. The Morgan fingerprint density at radius 2 is 1.49 bits per heavy atom. The Kier molecular flexibility index (Phi) is 6.39. The molecule has 1 aliphatic carbocycles. The number of aryl methyl sites for hydroxylation is 1. The summed E-state index contributed by atoms with van der Waals surface area (Å²) in [6, 6.07) is 24.4. The third-order valence-electron chi connectivity index (χ3n) is 7.17. The molecule has 0 bridgehead atoms. The van der Waals surface area contributed by atoms with Crippen LogP contribution in [0.15, 0.2) is 83.4 Å². The lowest BCUT2D eigenvalue weighted by Gasteiger charge is -2.17. The largest absolute Gasteiger partial charge is 0.481 e. The van der Waals surface area contributed by atoms with Crippen LogP contribution >= 0.6 is 0 Å². The van der Waals surface area contributed by atoms with Crippen molar-refractivity contribution in [3.63, 3.8) is 0 Å². The van der Waals surface area contributed by atoms with E-state index < -0.39 is 23.4 Å². The first-order valence-corrected chi connectivity index (χ1v) is 12.2. The molecule has 1 saturated carbocycles. The van der Waals surface area contributed by atoms with Gasteiger partial charge in [-0.2, -0.15) is 0 Å². The van der Waals surface area contributed by atoms with Gasteiger partial charge in [0.2, 0.25) is 0 Å². The van der Waals surface area contributed by atoms with Gasteiger partial charge in [0.15, 0.2) is 11.9 Å². The number of aliphatic carboxylic acids is 1. The number of benzene rings is 3. The highest BCUT2D eigenvalue weighted by molar-refractivity contribution is 5.86. The van der Waals surface area contributed by atoms with Crippen molar-refractivity contribution in [2.24, 2.45) is 0 Å². The van der Waals surface area contributed by atoms with Gasteiger partial charge >= 0.3 is 5.97 Å². The average molecular weight is 497 g/mol. The number of rotatable bonds is 8. The number of amides is 1. The SMILES string of the molecule is Cc1noc(-c2ccc(-c3ccc(C4(C(=O)O)CC4)cc3)cc2)c1C(O)C(=O)N[C@H](C)c1ccccc1. The summed E-state index contributed by atoms with van der Waals surface area (Å²) < 4.78 is 5.52. The molecule has 3 aromatic carbocycles. The molecule has 7 nitrogen and oxygen atoms in total. The zero-order valence-electron chi connectivity index (χ0n) is 20.6. The number of carbonyl (C=O) groups is 2. The molecule has 1 amide bonds. The quantitative estimate of drug-likeness (QED) is 0.303. The molecule has 1 fully saturated rings. The van der Waals surface area contributed by atoms with Crippen LogP contribution in [0, 0.1) is 6.92 Å². The second-order valence-electron chi connectivity index (χ2n) is 9.60. The molecule has 1 aliphatic rings. The van der Waals surface area contributed by atoms with Gasteiger partial charge in [-0.05, 0) is 48.9 Å². The zero-order valence-corrected chi connectivity index (χ0v) is 20.6. The number of aliphatic hydroxyl groups excluding tert-OH is 1. The lowest BCUT2D eigenvalue weighted by Crippen LogP contribution is -2.32. The Morgan fingerprint density at radius 3 is 2.05 bits per heavy atom. The Morgan fingerprint density at radius 1 is 0.919 bits per heavy atom.